The summed E-state index contributed by atoms with van der Waals surface area (Å²) in [6.45, 7) is 3.67. The summed E-state index contributed by atoms with van der Waals surface area (Å²) in [7, 11) is -1.82. The molecule has 1 amide bonds. The molecule has 1 aliphatic carbocycles. The molecule has 4 aromatic rings. The van der Waals surface area contributed by atoms with Crippen molar-refractivity contribution in [2.45, 2.75) is 31.3 Å². The lowest BCUT2D eigenvalue weighted by molar-refractivity contribution is -0.117. The molecule has 1 aliphatic rings. The topological polar surface area (TPSA) is 135 Å². The molecule has 182 valence electrons. The largest absolute Gasteiger partial charge is 0.353 e. The van der Waals surface area contributed by atoms with Crippen molar-refractivity contribution in [2.24, 2.45) is 13.0 Å². The first kappa shape index (κ1) is 23.0. The molecule has 2 atom stereocenters. The fraction of sp³-hybridized carbons (Fsp3) is 0.304. The van der Waals surface area contributed by atoms with Crippen molar-refractivity contribution >= 4 is 44.1 Å². The number of fused-ring (bicyclic) bond motifs is 1. The first-order chi connectivity index (χ1) is 16.5. The molecule has 0 radical (unpaired) electrons. The number of nitrogens with one attached hydrogen (secondary N) is 3. The smallest absolute Gasteiger partial charge is 0.231 e. The fourth-order valence-electron chi connectivity index (χ4n) is 4.04. The molecule has 2 unspecified atom stereocenters. The zero-order chi connectivity index (χ0) is 25.1. The Labute approximate surface area is 200 Å². The van der Waals surface area contributed by atoms with E-state index in [1.165, 1.54) is 0 Å². The highest BCUT2D eigenvalue weighted by Crippen LogP contribution is 2.36. The Morgan fingerprint density at radius 3 is 2.57 bits per heavy atom. The second-order valence-electron chi connectivity index (χ2n) is 8.87. The number of amides is 1. The Hall–Kier alpha value is -3.80. The number of aryl methyl sites for hydroxylation is 3. The summed E-state index contributed by atoms with van der Waals surface area (Å²) in [6, 6.07) is 6.61. The number of sulfone groups is 1. The van der Waals surface area contributed by atoms with Gasteiger partial charge < -0.3 is 15.6 Å². The number of alkyl halides is 1. The van der Waals surface area contributed by atoms with Crippen LogP contribution >= 0.6 is 0 Å². The van der Waals surface area contributed by atoms with Crippen LogP contribution in [0.5, 0.6) is 0 Å². The van der Waals surface area contributed by atoms with Crippen LogP contribution in [-0.4, -0.2) is 51.5 Å². The second-order valence-corrected chi connectivity index (χ2v) is 10.8. The van der Waals surface area contributed by atoms with Gasteiger partial charge in [-0.1, -0.05) is 6.07 Å². The van der Waals surface area contributed by atoms with E-state index in [4.69, 9.17) is 0 Å². The number of pyridine rings is 1. The van der Waals surface area contributed by atoms with Crippen LogP contribution in [0.1, 0.15) is 17.8 Å². The molecule has 12 heteroatoms. The summed E-state index contributed by atoms with van der Waals surface area (Å²) in [5.41, 5.74) is 3.96. The quantitative estimate of drug-likeness (QED) is 0.371. The summed E-state index contributed by atoms with van der Waals surface area (Å²) >= 11 is 0. The van der Waals surface area contributed by atoms with Crippen LogP contribution in [0.25, 0.3) is 22.4 Å². The van der Waals surface area contributed by atoms with Crippen LogP contribution in [0.2, 0.25) is 0 Å². The van der Waals surface area contributed by atoms with Crippen molar-refractivity contribution in [3.63, 3.8) is 0 Å². The Kier molecular flexibility index (Phi) is 5.35. The van der Waals surface area contributed by atoms with E-state index in [9.17, 15) is 17.6 Å². The zero-order valence-corrected chi connectivity index (χ0v) is 20.4. The van der Waals surface area contributed by atoms with E-state index in [1.807, 2.05) is 13.1 Å². The van der Waals surface area contributed by atoms with Crippen LogP contribution in [0.3, 0.4) is 0 Å². The van der Waals surface area contributed by atoms with Gasteiger partial charge in [0.25, 0.3) is 0 Å². The lowest BCUT2D eigenvalue weighted by Crippen LogP contribution is -2.16. The highest BCUT2D eigenvalue weighted by molar-refractivity contribution is 7.90. The summed E-state index contributed by atoms with van der Waals surface area (Å²) in [5.74, 6) is -0.342. The molecule has 0 bridgehead atoms. The van der Waals surface area contributed by atoms with Crippen molar-refractivity contribution < 1.29 is 17.6 Å². The third kappa shape index (κ3) is 4.48. The molecule has 1 aromatic carbocycles. The number of carbonyl (C=O) groups is 1. The van der Waals surface area contributed by atoms with Gasteiger partial charge in [0.15, 0.2) is 15.5 Å². The van der Waals surface area contributed by atoms with E-state index < -0.39 is 27.8 Å². The highest BCUT2D eigenvalue weighted by Gasteiger charge is 2.43. The van der Waals surface area contributed by atoms with Crippen molar-refractivity contribution in [3.05, 3.63) is 41.9 Å². The van der Waals surface area contributed by atoms with E-state index >= 15 is 0 Å². The summed E-state index contributed by atoms with van der Waals surface area (Å²) < 4.78 is 40.4. The number of aromatic amines is 1. The number of rotatable bonds is 6. The van der Waals surface area contributed by atoms with Gasteiger partial charge >= 0.3 is 0 Å². The molecule has 3 aromatic heterocycles. The molecule has 0 spiro atoms. The number of carbonyl (C=O) groups excluding carboxylic acids is 1. The maximum absolute atomic E-state index is 13.3. The Morgan fingerprint density at radius 1 is 1.20 bits per heavy atom. The van der Waals surface area contributed by atoms with Gasteiger partial charge in [0.05, 0.1) is 27.9 Å². The van der Waals surface area contributed by atoms with Crippen LogP contribution in [0, 0.1) is 19.8 Å². The lowest BCUT2D eigenvalue weighted by Gasteiger charge is -2.14. The Balaban J connectivity index is 1.57. The lowest BCUT2D eigenvalue weighted by atomic mass is 10.1. The molecule has 3 heterocycles. The van der Waals surface area contributed by atoms with E-state index in [2.05, 4.69) is 30.7 Å². The molecular weight excluding hydrogens is 473 g/mol. The van der Waals surface area contributed by atoms with Crippen LogP contribution in [0.4, 0.5) is 21.6 Å². The number of benzene rings is 1. The predicted octanol–water partition coefficient (Wildman–Crippen LogP) is 3.42. The van der Waals surface area contributed by atoms with E-state index in [0.717, 1.165) is 11.8 Å². The molecule has 1 fully saturated rings. The second kappa shape index (κ2) is 8.15. The predicted molar refractivity (Wildman–Crippen MR) is 130 cm³/mol. The molecular formula is C23H24FN7O3S. The minimum Gasteiger partial charge on any atom is -0.353 e. The van der Waals surface area contributed by atoms with Crippen molar-refractivity contribution in [1.82, 2.24) is 24.7 Å². The van der Waals surface area contributed by atoms with E-state index in [0.29, 0.717) is 39.6 Å². The first-order valence-corrected chi connectivity index (χ1v) is 12.8. The van der Waals surface area contributed by atoms with E-state index in [-0.39, 0.29) is 17.1 Å². The highest BCUT2D eigenvalue weighted by atomic mass is 32.2. The van der Waals surface area contributed by atoms with Gasteiger partial charge in [0.2, 0.25) is 5.91 Å². The summed E-state index contributed by atoms with van der Waals surface area (Å²) in [5, 5.41) is 10.2. The molecule has 1 saturated carbocycles. The molecule has 10 nitrogen and oxygen atoms in total. The molecule has 35 heavy (non-hydrogen) atoms. The standard InChI is InChI=1S/C23H24FN7O3S/c1-11-10-31(3)30-20(11)13-5-6-16(18(7-13)35(4,33)34)27-17-9-19(29-23(32)14-8-15(14)24)28-22-21(17)25-12(2)26-22/h5-7,9-10,14-15H,8H2,1-4H3,(H3,25,26,27,28,29,32). The third-order valence-electron chi connectivity index (χ3n) is 5.82. The van der Waals surface area contributed by atoms with Crippen molar-refractivity contribution in [2.75, 3.05) is 16.9 Å². The maximum atomic E-state index is 13.3. The third-order valence-corrected chi connectivity index (χ3v) is 6.95. The SMILES string of the molecule is Cc1nc2nc(NC(=O)C3CC3F)cc(Nc3ccc(-c4nn(C)cc4C)cc3S(C)(=O)=O)c2[nH]1. The van der Waals surface area contributed by atoms with Gasteiger partial charge in [0, 0.05) is 31.1 Å². The number of nitrogens with zero attached hydrogens (tertiary/aromatic N) is 4. The number of H-pyrrole nitrogens is 1. The molecule has 0 aliphatic heterocycles. The summed E-state index contributed by atoms with van der Waals surface area (Å²) in [4.78, 5) is 24.1. The van der Waals surface area contributed by atoms with Gasteiger partial charge in [-0.05, 0) is 38.0 Å². The Bertz CT molecular complexity index is 1590. The molecule has 0 saturated heterocycles. The molecule has 3 N–H and O–H groups in total. The average Bonchev–Trinajstić information content (AvgIpc) is 3.23. The number of aromatic nitrogens is 5. The number of imidazole rings is 1. The van der Waals surface area contributed by atoms with Gasteiger partial charge in [0.1, 0.15) is 23.3 Å². The van der Waals surface area contributed by atoms with Crippen LogP contribution in [0.15, 0.2) is 35.4 Å². The number of anilines is 3. The zero-order valence-electron chi connectivity index (χ0n) is 19.5. The van der Waals surface area contributed by atoms with Crippen molar-refractivity contribution in [3.8, 4) is 11.3 Å². The van der Waals surface area contributed by atoms with Gasteiger partial charge in [-0.15, -0.1) is 0 Å². The van der Waals surface area contributed by atoms with Crippen LogP contribution in [-0.2, 0) is 21.7 Å². The number of hydrogen-bond acceptors (Lipinski definition) is 7. The van der Waals surface area contributed by atoms with Gasteiger partial charge in [-0.3, -0.25) is 9.48 Å². The average molecular weight is 498 g/mol. The fourth-order valence-corrected chi connectivity index (χ4v) is 4.90. The van der Waals surface area contributed by atoms with Gasteiger partial charge in [-0.2, -0.15) is 5.10 Å². The van der Waals surface area contributed by atoms with Crippen molar-refractivity contribution in [1.29, 1.82) is 0 Å². The maximum Gasteiger partial charge on any atom is 0.231 e. The monoisotopic (exact) mass is 497 g/mol. The van der Waals surface area contributed by atoms with Crippen LogP contribution < -0.4 is 10.6 Å². The van der Waals surface area contributed by atoms with E-state index in [1.54, 1.807) is 42.9 Å². The summed E-state index contributed by atoms with van der Waals surface area (Å²) in [6.07, 6.45) is 2.06. The first-order valence-electron chi connectivity index (χ1n) is 10.9. The molecule has 5 rings (SSSR count). The number of hydrogen-bond donors (Lipinski definition) is 3. The number of halogens is 1. The Morgan fingerprint density at radius 2 is 1.94 bits per heavy atom. The van der Waals surface area contributed by atoms with Gasteiger partial charge in [-0.25, -0.2) is 22.8 Å². The minimum atomic E-state index is -3.63. The normalized spacial score (nSPS) is 17.5. The minimum absolute atomic E-state index is 0.0880.